The number of fused-ring (bicyclic) bond motifs is 6. The topological polar surface area (TPSA) is 0 Å². The highest BCUT2D eigenvalue weighted by atomic mass is 14.2. The van der Waals surface area contributed by atoms with E-state index < -0.39 is 0 Å². The maximum atomic E-state index is 2.41. The van der Waals surface area contributed by atoms with Crippen molar-refractivity contribution in [3.05, 3.63) is 133 Å². The molecule has 0 N–H and O–H groups in total. The first-order valence-corrected chi connectivity index (χ1v) is 16.3. The van der Waals surface area contributed by atoms with E-state index in [9.17, 15) is 0 Å². The molecule has 0 saturated carbocycles. The lowest BCUT2D eigenvalue weighted by Gasteiger charge is -2.22. The summed E-state index contributed by atoms with van der Waals surface area (Å²) in [5.74, 6) is 0. The monoisotopic (exact) mass is 574 g/mol. The predicted molar refractivity (Wildman–Crippen MR) is 201 cm³/mol. The van der Waals surface area contributed by atoms with Gasteiger partial charge in [-0.25, -0.2) is 0 Å². The van der Waals surface area contributed by atoms with Crippen molar-refractivity contribution in [3.8, 4) is 0 Å². The van der Waals surface area contributed by atoms with Crippen LogP contribution in [0.1, 0.15) is 0 Å². The van der Waals surface area contributed by atoms with Crippen molar-refractivity contribution in [3.63, 3.8) is 0 Å². The van der Waals surface area contributed by atoms with Crippen LogP contribution in [0, 0.1) is 0 Å². The van der Waals surface area contributed by atoms with Gasteiger partial charge < -0.3 is 0 Å². The van der Waals surface area contributed by atoms with Crippen LogP contribution in [0.3, 0.4) is 0 Å². The Morgan fingerprint density at radius 2 is 0.326 bits per heavy atom. The molecular weight excluding hydrogens is 553 g/mol. The first-order valence-electron chi connectivity index (χ1n) is 16.3. The van der Waals surface area contributed by atoms with Gasteiger partial charge in [-0.2, -0.15) is 0 Å². The Morgan fingerprint density at radius 3 is 0.543 bits per heavy atom. The van der Waals surface area contributed by atoms with Gasteiger partial charge in [-0.05, 0) is 129 Å². The minimum absolute atomic E-state index is 1.32. The van der Waals surface area contributed by atoms with E-state index in [2.05, 4.69) is 133 Å². The van der Waals surface area contributed by atoms with Gasteiger partial charge in [0.15, 0.2) is 0 Å². The number of benzene rings is 13. The van der Waals surface area contributed by atoms with Crippen LogP contribution in [0.4, 0.5) is 0 Å². The van der Waals surface area contributed by atoms with Crippen LogP contribution in [0.5, 0.6) is 0 Å². The molecule has 13 aromatic carbocycles. The van der Waals surface area contributed by atoms with Gasteiger partial charge in [0.1, 0.15) is 0 Å². The lowest BCUT2D eigenvalue weighted by atomic mass is 9.81. The Balaban J connectivity index is 1.27. The van der Waals surface area contributed by atoms with Crippen LogP contribution in [-0.4, -0.2) is 0 Å². The quantitative estimate of drug-likeness (QED) is 0.125. The van der Waals surface area contributed by atoms with E-state index in [1.165, 1.54) is 129 Å². The second kappa shape index (κ2) is 7.28. The second-order valence-corrected chi connectivity index (χ2v) is 13.5. The summed E-state index contributed by atoms with van der Waals surface area (Å²) in [4.78, 5) is 0. The summed E-state index contributed by atoms with van der Waals surface area (Å²) >= 11 is 0. The molecule has 0 aliphatic heterocycles. The van der Waals surface area contributed by atoms with Gasteiger partial charge in [0, 0.05) is 0 Å². The summed E-state index contributed by atoms with van der Waals surface area (Å²) in [6.45, 7) is 0. The molecular formula is C46H22. The zero-order valence-corrected chi connectivity index (χ0v) is 24.7. The maximum Gasteiger partial charge on any atom is -0.00139 e. The lowest BCUT2D eigenvalue weighted by molar-refractivity contribution is 1.80. The molecule has 13 rings (SSSR count). The Morgan fingerprint density at radius 1 is 0.152 bits per heavy atom. The molecule has 0 amide bonds. The summed E-state index contributed by atoms with van der Waals surface area (Å²) in [5.41, 5.74) is 0. The van der Waals surface area contributed by atoms with E-state index in [0.717, 1.165) is 0 Å². The zero-order valence-electron chi connectivity index (χ0n) is 24.7. The van der Waals surface area contributed by atoms with Crippen LogP contribution >= 0.6 is 0 Å². The molecule has 0 spiro atoms. The van der Waals surface area contributed by atoms with Crippen LogP contribution in [-0.2, 0) is 0 Å². The molecule has 206 valence electrons. The van der Waals surface area contributed by atoms with Gasteiger partial charge in [-0.15, -0.1) is 0 Å². The summed E-state index contributed by atoms with van der Waals surface area (Å²) in [7, 11) is 0. The largest absolute Gasteiger partial charge is 0.0610 e. The Bertz CT molecular complexity index is 3010. The van der Waals surface area contributed by atoms with Crippen LogP contribution < -0.4 is 0 Å². The van der Waals surface area contributed by atoms with E-state index in [-0.39, 0.29) is 0 Å². The van der Waals surface area contributed by atoms with E-state index in [4.69, 9.17) is 0 Å². The fourth-order valence-corrected chi connectivity index (χ4v) is 9.85. The van der Waals surface area contributed by atoms with Gasteiger partial charge in [0.05, 0.1) is 0 Å². The van der Waals surface area contributed by atoms with E-state index in [1.807, 2.05) is 0 Å². The predicted octanol–water partition coefficient (Wildman–Crippen LogP) is 13.3. The van der Waals surface area contributed by atoms with Gasteiger partial charge >= 0.3 is 0 Å². The van der Waals surface area contributed by atoms with Gasteiger partial charge in [-0.1, -0.05) is 133 Å². The summed E-state index contributed by atoms with van der Waals surface area (Å²) in [5, 5.41) is 32.7. The summed E-state index contributed by atoms with van der Waals surface area (Å²) in [6, 6.07) is 51.3. The molecule has 0 nitrogen and oxygen atoms in total. The van der Waals surface area contributed by atoms with Crippen molar-refractivity contribution in [1.82, 2.24) is 0 Å². The van der Waals surface area contributed by atoms with Crippen molar-refractivity contribution < 1.29 is 0 Å². The molecule has 46 heavy (non-hydrogen) atoms. The molecule has 0 atom stereocenters. The third-order valence-corrected chi connectivity index (χ3v) is 11.6. The van der Waals surface area contributed by atoms with Gasteiger partial charge in [-0.3, -0.25) is 0 Å². The third-order valence-electron chi connectivity index (χ3n) is 11.6. The highest BCUT2D eigenvalue weighted by Crippen LogP contribution is 2.51. The molecule has 0 heteroatoms. The van der Waals surface area contributed by atoms with Crippen molar-refractivity contribution in [1.29, 1.82) is 0 Å². The average molecular weight is 575 g/mol. The fourth-order valence-electron chi connectivity index (χ4n) is 9.85. The van der Waals surface area contributed by atoms with E-state index in [1.54, 1.807) is 0 Å². The van der Waals surface area contributed by atoms with Crippen LogP contribution in [0.2, 0.25) is 0 Å². The molecule has 0 radical (unpaired) electrons. The second-order valence-electron chi connectivity index (χ2n) is 13.5. The Labute approximate surface area is 262 Å². The number of rotatable bonds is 0. The number of hydrogen-bond donors (Lipinski definition) is 0. The lowest BCUT2D eigenvalue weighted by Crippen LogP contribution is -1.93. The van der Waals surface area contributed by atoms with Crippen LogP contribution in [0.15, 0.2) is 133 Å². The number of hydrogen-bond acceptors (Lipinski definition) is 0. The molecule has 0 bridgehead atoms. The van der Waals surface area contributed by atoms with Crippen molar-refractivity contribution >= 4 is 129 Å². The molecule has 0 saturated heterocycles. The highest BCUT2D eigenvalue weighted by molar-refractivity contribution is 6.47. The highest BCUT2D eigenvalue weighted by Gasteiger charge is 2.22. The maximum absolute atomic E-state index is 2.41. The smallest absolute Gasteiger partial charge is 0.00139 e. The fraction of sp³-hybridized carbons (Fsp3) is 0. The molecule has 0 aliphatic rings. The van der Waals surface area contributed by atoms with Gasteiger partial charge in [0.25, 0.3) is 0 Å². The average Bonchev–Trinajstić information content (AvgIpc) is 3.11. The first kappa shape index (κ1) is 22.5. The van der Waals surface area contributed by atoms with Crippen LogP contribution in [0.25, 0.3) is 129 Å². The van der Waals surface area contributed by atoms with Crippen molar-refractivity contribution in [2.24, 2.45) is 0 Å². The molecule has 0 unspecified atom stereocenters. The molecule has 0 heterocycles. The molecule has 13 aromatic rings. The van der Waals surface area contributed by atoms with Gasteiger partial charge in [0.2, 0.25) is 0 Å². The minimum atomic E-state index is 1.32. The van der Waals surface area contributed by atoms with Crippen molar-refractivity contribution in [2.75, 3.05) is 0 Å². The van der Waals surface area contributed by atoms with Crippen molar-refractivity contribution in [2.45, 2.75) is 0 Å². The Hall–Kier alpha value is -5.98. The molecule has 0 fully saturated rings. The minimum Gasteiger partial charge on any atom is -0.0610 e. The Kier molecular flexibility index (Phi) is 3.56. The van der Waals surface area contributed by atoms with E-state index in [0.29, 0.717) is 0 Å². The third kappa shape index (κ3) is 2.32. The summed E-state index contributed by atoms with van der Waals surface area (Å²) in [6.07, 6.45) is 0. The normalized spacial score (nSPS) is 13.2. The summed E-state index contributed by atoms with van der Waals surface area (Å²) < 4.78 is 0. The first-order chi connectivity index (χ1) is 22.8. The zero-order chi connectivity index (χ0) is 29.4. The molecule has 0 aromatic heterocycles. The van der Waals surface area contributed by atoms with E-state index >= 15 is 0 Å². The standard InChI is InChI=1S/C46H22/c1-3-23-7-11-27-31-15-19-35-37-21-17-33-29-13-9-25-5-2-6-26-10-14-30(42(29)40(25)26)34-18-22-38(46(37)44(33)34)36-20-16-32(43(31)45(35)36)28-12-8-24(4-1)39(23)41(27)28/h1-22H. The SMILES string of the molecule is c1cc2ccc3c4ccc5c6ccc7c8ccc9cccc%10ccc(c%11ccc(c%12ccc(c%13ccc(c1)c2c3%13)c4c5%12)c6c7%11)c8c9%10. The molecule has 0 aliphatic carbocycles.